The van der Waals surface area contributed by atoms with Crippen LogP contribution in [0.15, 0.2) is 16.6 Å². The van der Waals surface area contributed by atoms with E-state index in [4.69, 9.17) is 9.79 Å². The largest absolute Gasteiger partial charge is 0.399 e. The van der Waals surface area contributed by atoms with Crippen molar-refractivity contribution in [2.24, 2.45) is 0 Å². The second-order valence-electron chi connectivity index (χ2n) is 5.62. The number of alkyl halides is 2. The van der Waals surface area contributed by atoms with Crippen LogP contribution in [0.4, 0.5) is 8.78 Å². The van der Waals surface area contributed by atoms with Crippen LogP contribution < -0.4 is 0 Å². The van der Waals surface area contributed by atoms with Crippen LogP contribution in [0.25, 0.3) is 10.9 Å². The van der Waals surface area contributed by atoms with E-state index in [-0.39, 0.29) is 21.5 Å². The monoisotopic (exact) mass is 435 g/mol. The van der Waals surface area contributed by atoms with Crippen molar-refractivity contribution in [3.8, 4) is 0 Å². The quantitative estimate of drug-likeness (QED) is 0.531. The molecule has 0 fully saturated rings. The lowest BCUT2D eigenvalue weighted by atomic mass is 9.94. The standard InChI is InChI=1S/C16H17BrF2NO4P/c1-4-9-10(5-2)15(8(3)21)20-14-7-12(13(17)6-11(9)14)16(18,19)25(22,23)24/h6-7H,4-5H2,1-3H3,(H2,22,23,24). The maximum Gasteiger partial charge on any atom is 0.399 e. The lowest BCUT2D eigenvalue weighted by Crippen LogP contribution is -2.15. The van der Waals surface area contributed by atoms with Gasteiger partial charge in [0.05, 0.1) is 5.52 Å². The smallest absolute Gasteiger partial charge is 0.320 e. The average molecular weight is 436 g/mol. The lowest BCUT2D eigenvalue weighted by molar-refractivity contribution is 0.0558. The molecule has 0 bridgehead atoms. The number of benzene rings is 1. The van der Waals surface area contributed by atoms with E-state index in [1.807, 2.05) is 13.8 Å². The topological polar surface area (TPSA) is 87.5 Å². The zero-order valence-corrected chi connectivity index (χ0v) is 16.3. The number of aromatic nitrogens is 1. The summed E-state index contributed by atoms with van der Waals surface area (Å²) in [6.45, 7) is 5.10. The number of carbonyl (C=O) groups excluding carboxylic acids is 1. The summed E-state index contributed by atoms with van der Waals surface area (Å²) < 4.78 is 39.4. The van der Waals surface area contributed by atoms with Crippen molar-refractivity contribution < 1.29 is 27.9 Å². The fourth-order valence-electron chi connectivity index (χ4n) is 2.85. The normalized spacial score (nSPS) is 12.6. The first-order valence-electron chi connectivity index (χ1n) is 7.55. The maximum atomic E-state index is 14.2. The third kappa shape index (κ3) is 3.40. The number of Topliss-reactive ketones (excluding diaryl/α,β-unsaturated/α-hetero) is 1. The highest BCUT2D eigenvalue weighted by Gasteiger charge is 2.51. The highest BCUT2D eigenvalue weighted by molar-refractivity contribution is 9.10. The molecule has 0 radical (unpaired) electrons. The molecule has 0 aliphatic rings. The number of aryl methyl sites for hydroxylation is 1. The van der Waals surface area contributed by atoms with E-state index >= 15 is 0 Å². The molecular weight excluding hydrogens is 419 g/mol. The molecule has 9 heteroatoms. The number of ketones is 1. The molecule has 0 aliphatic carbocycles. The van der Waals surface area contributed by atoms with Gasteiger partial charge in [-0.25, -0.2) is 4.98 Å². The minimum Gasteiger partial charge on any atom is -0.320 e. The van der Waals surface area contributed by atoms with Crippen LogP contribution in [0.1, 0.15) is 48.0 Å². The lowest BCUT2D eigenvalue weighted by Gasteiger charge is -2.21. The third-order valence-electron chi connectivity index (χ3n) is 4.02. The van der Waals surface area contributed by atoms with Gasteiger partial charge >= 0.3 is 13.3 Å². The SMILES string of the molecule is CCc1c(C(C)=O)nc2cc(C(F)(F)P(=O)(O)O)c(Br)cc2c1CC. The van der Waals surface area contributed by atoms with E-state index in [9.17, 15) is 18.1 Å². The molecular formula is C16H17BrF2NO4P. The second-order valence-corrected chi connectivity index (χ2v) is 8.12. The van der Waals surface area contributed by atoms with Crippen LogP contribution in [0, 0.1) is 0 Å². The van der Waals surface area contributed by atoms with Gasteiger partial charge < -0.3 is 9.79 Å². The molecule has 0 saturated heterocycles. The van der Waals surface area contributed by atoms with Gasteiger partial charge in [-0.05, 0) is 36.1 Å². The van der Waals surface area contributed by atoms with E-state index < -0.39 is 18.8 Å². The van der Waals surface area contributed by atoms with Crippen LogP contribution in [0.2, 0.25) is 0 Å². The Labute approximate surface area is 151 Å². The molecule has 0 spiro atoms. The molecule has 136 valence electrons. The molecule has 25 heavy (non-hydrogen) atoms. The van der Waals surface area contributed by atoms with Crippen molar-refractivity contribution in [1.82, 2.24) is 4.98 Å². The predicted molar refractivity (Wildman–Crippen MR) is 94.1 cm³/mol. The second kappa shape index (κ2) is 6.83. The Hall–Kier alpha value is -1.21. The highest BCUT2D eigenvalue weighted by atomic mass is 79.9. The molecule has 5 nitrogen and oxygen atoms in total. The molecule has 0 amide bonds. The van der Waals surface area contributed by atoms with Gasteiger partial charge in [0, 0.05) is 22.3 Å². The van der Waals surface area contributed by atoms with E-state index in [0.717, 1.165) is 17.2 Å². The Kier molecular flexibility index (Phi) is 5.50. The van der Waals surface area contributed by atoms with Crippen LogP contribution in [0.3, 0.4) is 0 Å². The van der Waals surface area contributed by atoms with Gasteiger partial charge in [-0.15, -0.1) is 0 Å². The maximum absolute atomic E-state index is 14.2. The molecule has 2 aromatic rings. The predicted octanol–water partition coefficient (Wildman–Crippen LogP) is 4.55. The fraction of sp³-hybridized carbons (Fsp3) is 0.375. The molecule has 0 aliphatic heterocycles. The first-order valence-corrected chi connectivity index (χ1v) is 9.96. The Morgan fingerprint density at radius 3 is 2.24 bits per heavy atom. The van der Waals surface area contributed by atoms with Gasteiger partial charge in [0.25, 0.3) is 0 Å². The molecule has 1 heterocycles. The fourth-order valence-corrected chi connectivity index (χ4v) is 4.10. The van der Waals surface area contributed by atoms with E-state index in [2.05, 4.69) is 20.9 Å². The van der Waals surface area contributed by atoms with Crippen molar-refractivity contribution in [3.63, 3.8) is 0 Å². The van der Waals surface area contributed by atoms with Crippen molar-refractivity contribution in [3.05, 3.63) is 39.0 Å². The van der Waals surface area contributed by atoms with Crippen molar-refractivity contribution in [2.45, 2.75) is 39.3 Å². The van der Waals surface area contributed by atoms with E-state index in [0.29, 0.717) is 18.2 Å². The van der Waals surface area contributed by atoms with Gasteiger partial charge in [0.2, 0.25) is 0 Å². The van der Waals surface area contributed by atoms with Gasteiger partial charge in [0.15, 0.2) is 5.78 Å². The summed E-state index contributed by atoms with van der Waals surface area (Å²) in [5, 5.41) is 0.571. The molecule has 2 rings (SSSR count). The first kappa shape index (κ1) is 20.1. The number of nitrogens with zero attached hydrogens (tertiary/aromatic N) is 1. The van der Waals surface area contributed by atoms with Crippen molar-refractivity contribution in [1.29, 1.82) is 0 Å². The molecule has 1 aromatic heterocycles. The molecule has 0 unspecified atom stereocenters. The summed E-state index contributed by atoms with van der Waals surface area (Å²) in [6.07, 6.45) is 1.11. The summed E-state index contributed by atoms with van der Waals surface area (Å²) in [6, 6.07) is 2.31. The highest BCUT2D eigenvalue weighted by Crippen LogP contribution is 2.60. The van der Waals surface area contributed by atoms with Gasteiger partial charge in [0.1, 0.15) is 5.69 Å². The zero-order chi connectivity index (χ0) is 19.2. The van der Waals surface area contributed by atoms with Crippen molar-refractivity contribution >= 4 is 40.2 Å². The Balaban J connectivity index is 2.93. The molecule has 0 saturated carbocycles. The van der Waals surface area contributed by atoms with E-state index in [1.165, 1.54) is 13.0 Å². The average Bonchev–Trinajstić information content (AvgIpc) is 2.50. The summed E-state index contributed by atoms with van der Waals surface area (Å²) in [7, 11) is -5.72. The number of halogens is 3. The molecule has 0 atom stereocenters. The van der Waals surface area contributed by atoms with Crippen LogP contribution in [-0.2, 0) is 23.1 Å². The van der Waals surface area contributed by atoms with Gasteiger partial charge in [-0.3, -0.25) is 9.36 Å². The molecule has 1 aromatic carbocycles. The van der Waals surface area contributed by atoms with Crippen molar-refractivity contribution in [2.75, 3.05) is 0 Å². The number of hydrogen-bond acceptors (Lipinski definition) is 3. The number of carbonyl (C=O) groups is 1. The number of fused-ring (bicyclic) bond motifs is 1. The van der Waals surface area contributed by atoms with Crippen LogP contribution >= 0.6 is 23.5 Å². The number of hydrogen-bond donors (Lipinski definition) is 2. The van der Waals surface area contributed by atoms with Gasteiger partial charge in [-0.1, -0.05) is 29.8 Å². The third-order valence-corrected chi connectivity index (χ3v) is 5.65. The van der Waals surface area contributed by atoms with Gasteiger partial charge in [-0.2, -0.15) is 8.78 Å². The minimum absolute atomic E-state index is 0.102. The minimum atomic E-state index is -5.72. The Morgan fingerprint density at radius 1 is 1.24 bits per heavy atom. The zero-order valence-electron chi connectivity index (χ0n) is 13.8. The first-order chi connectivity index (χ1) is 11.5. The Bertz CT molecular complexity index is 911. The number of rotatable bonds is 5. The summed E-state index contributed by atoms with van der Waals surface area (Å²) in [4.78, 5) is 34.1. The Morgan fingerprint density at radius 2 is 1.80 bits per heavy atom. The summed E-state index contributed by atoms with van der Waals surface area (Å²) >= 11 is 2.98. The van der Waals surface area contributed by atoms with Crippen LogP contribution in [-0.4, -0.2) is 20.6 Å². The summed E-state index contributed by atoms with van der Waals surface area (Å²) in [5.74, 6) is -0.292. The van der Waals surface area contributed by atoms with Crippen LogP contribution in [0.5, 0.6) is 0 Å². The number of pyridine rings is 1. The van der Waals surface area contributed by atoms with E-state index in [1.54, 1.807) is 0 Å². The summed E-state index contributed by atoms with van der Waals surface area (Å²) in [5.41, 5.74) is -3.37. The molecule has 2 N–H and O–H groups in total.